The first-order valence-corrected chi connectivity index (χ1v) is 13.1. The van der Waals surface area contributed by atoms with Gasteiger partial charge in [0, 0.05) is 26.2 Å². The monoisotopic (exact) mass is 526 g/mol. The summed E-state index contributed by atoms with van der Waals surface area (Å²) in [5.41, 5.74) is 5.80. The largest absolute Gasteiger partial charge is 0.494 e. The van der Waals surface area contributed by atoms with E-state index in [1.165, 1.54) is 54.6 Å². The first-order valence-electron chi connectivity index (χ1n) is 13.1. The molecule has 3 aromatic carbocycles. The molecule has 1 fully saturated rings. The van der Waals surface area contributed by atoms with E-state index >= 15 is 0 Å². The van der Waals surface area contributed by atoms with E-state index in [4.69, 9.17) is 4.74 Å². The minimum atomic E-state index is 0. The van der Waals surface area contributed by atoms with Crippen LogP contribution >= 0.6 is 24.8 Å². The summed E-state index contributed by atoms with van der Waals surface area (Å²) in [4.78, 5) is 5.18. The van der Waals surface area contributed by atoms with Gasteiger partial charge >= 0.3 is 0 Å². The van der Waals surface area contributed by atoms with E-state index in [9.17, 15) is 0 Å². The van der Waals surface area contributed by atoms with Gasteiger partial charge in [-0.3, -0.25) is 9.80 Å². The van der Waals surface area contributed by atoms with Crippen molar-refractivity contribution >= 4 is 24.8 Å². The molecular formula is C31H40Cl2N2O. The topological polar surface area (TPSA) is 15.7 Å². The van der Waals surface area contributed by atoms with Gasteiger partial charge in [0.25, 0.3) is 0 Å². The van der Waals surface area contributed by atoms with Gasteiger partial charge in [-0.05, 0) is 85.5 Å². The maximum atomic E-state index is 6.23. The number of fused-ring (bicyclic) bond motifs is 1. The SMILES string of the molecule is Cl.Cl.c1ccc(CN2CCc3ccc(OCCC4CCN(Cc5ccccc5)CC4)cc3CC2)cc1. The van der Waals surface area contributed by atoms with Gasteiger partial charge < -0.3 is 4.74 Å². The van der Waals surface area contributed by atoms with Crippen molar-refractivity contribution in [2.24, 2.45) is 5.92 Å². The molecule has 194 valence electrons. The molecule has 5 rings (SSSR count). The van der Waals surface area contributed by atoms with Crippen LogP contribution in [0, 0.1) is 5.92 Å². The summed E-state index contributed by atoms with van der Waals surface area (Å²) in [5.74, 6) is 1.84. The second-order valence-electron chi connectivity index (χ2n) is 10.0. The Balaban J connectivity index is 0.00000180. The van der Waals surface area contributed by atoms with Crippen LogP contribution in [-0.4, -0.2) is 42.6 Å². The average Bonchev–Trinajstić information content (AvgIpc) is 3.08. The molecule has 0 atom stereocenters. The van der Waals surface area contributed by atoms with Crippen LogP contribution in [0.25, 0.3) is 0 Å². The van der Waals surface area contributed by atoms with E-state index in [2.05, 4.69) is 88.7 Å². The normalized spacial score (nSPS) is 16.8. The molecule has 2 aliphatic heterocycles. The fourth-order valence-corrected chi connectivity index (χ4v) is 5.46. The van der Waals surface area contributed by atoms with Crippen molar-refractivity contribution in [3.05, 3.63) is 101 Å². The quantitative estimate of drug-likeness (QED) is 0.320. The zero-order chi connectivity index (χ0) is 23.0. The van der Waals surface area contributed by atoms with Crippen molar-refractivity contribution in [2.45, 2.75) is 45.2 Å². The summed E-state index contributed by atoms with van der Waals surface area (Å²) in [5, 5.41) is 0. The molecule has 1 saturated heterocycles. The van der Waals surface area contributed by atoms with Crippen molar-refractivity contribution in [1.29, 1.82) is 0 Å². The fourth-order valence-electron chi connectivity index (χ4n) is 5.46. The van der Waals surface area contributed by atoms with Gasteiger partial charge in [-0.25, -0.2) is 0 Å². The highest BCUT2D eigenvalue weighted by Gasteiger charge is 2.19. The number of rotatable bonds is 8. The lowest BCUT2D eigenvalue weighted by molar-refractivity contribution is 0.157. The van der Waals surface area contributed by atoms with Gasteiger partial charge in [0.15, 0.2) is 0 Å². The molecule has 5 heteroatoms. The molecule has 0 aromatic heterocycles. The highest BCUT2D eigenvalue weighted by molar-refractivity contribution is 5.85. The van der Waals surface area contributed by atoms with E-state index in [0.717, 1.165) is 57.3 Å². The minimum Gasteiger partial charge on any atom is -0.494 e. The molecule has 0 unspecified atom stereocenters. The zero-order valence-corrected chi connectivity index (χ0v) is 22.8. The molecule has 0 N–H and O–H groups in total. The van der Waals surface area contributed by atoms with Crippen LogP contribution in [0.5, 0.6) is 5.75 Å². The van der Waals surface area contributed by atoms with Gasteiger partial charge in [-0.2, -0.15) is 0 Å². The average molecular weight is 528 g/mol. The Morgan fingerprint density at radius 3 is 1.81 bits per heavy atom. The molecule has 0 radical (unpaired) electrons. The Bertz CT molecular complexity index is 1020. The van der Waals surface area contributed by atoms with Crippen LogP contribution in [0.1, 0.15) is 41.5 Å². The Hall–Kier alpha value is -2.04. The number of likely N-dealkylation sites (tertiary alicyclic amines) is 1. The predicted octanol–water partition coefficient (Wildman–Crippen LogP) is 6.81. The van der Waals surface area contributed by atoms with E-state index in [0.29, 0.717) is 0 Å². The Labute approximate surface area is 229 Å². The molecule has 0 saturated carbocycles. The van der Waals surface area contributed by atoms with E-state index in [1.54, 1.807) is 0 Å². The molecule has 3 aromatic rings. The number of piperidine rings is 1. The predicted molar refractivity (Wildman–Crippen MR) is 155 cm³/mol. The van der Waals surface area contributed by atoms with Crippen LogP contribution in [0.3, 0.4) is 0 Å². The Morgan fingerprint density at radius 1 is 0.639 bits per heavy atom. The third kappa shape index (κ3) is 8.24. The minimum absolute atomic E-state index is 0. The third-order valence-corrected chi connectivity index (χ3v) is 7.57. The highest BCUT2D eigenvalue weighted by Crippen LogP contribution is 2.25. The van der Waals surface area contributed by atoms with Gasteiger partial charge in [0.2, 0.25) is 0 Å². The third-order valence-electron chi connectivity index (χ3n) is 7.57. The maximum absolute atomic E-state index is 6.23. The van der Waals surface area contributed by atoms with Gasteiger partial charge in [-0.15, -0.1) is 24.8 Å². The van der Waals surface area contributed by atoms with Crippen molar-refractivity contribution in [2.75, 3.05) is 32.8 Å². The van der Waals surface area contributed by atoms with Crippen LogP contribution in [0.15, 0.2) is 78.9 Å². The summed E-state index contributed by atoms with van der Waals surface area (Å²) in [7, 11) is 0. The standard InChI is InChI=1S/C31H38N2O.2ClH/c1-3-7-27(8-4-1)24-32-18-13-26(14-19-32)17-22-34-31-12-11-29-15-20-33(21-16-30(29)23-31)25-28-9-5-2-6-10-28;;/h1-12,23,26H,13-22,24-25H2;2*1H. The summed E-state index contributed by atoms with van der Waals surface area (Å²) in [6.07, 6.45) is 5.99. The summed E-state index contributed by atoms with van der Waals surface area (Å²) in [6, 6.07) is 28.5. The number of hydrogen-bond acceptors (Lipinski definition) is 3. The lowest BCUT2D eigenvalue weighted by Crippen LogP contribution is -2.33. The molecule has 2 heterocycles. The van der Waals surface area contributed by atoms with Crippen LogP contribution in [-0.2, 0) is 25.9 Å². The van der Waals surface area contributed by atoms with Crippen molar-refractivity contribution in [3.63, 3.8) is 0 Å². The van der Waals surface area contributed by atoms with Crippen molar-refractivity contribution < 1.29 is 4.74 Å². The maximum Gasteiger partial charge on any atom is 0.119 e. The number of nitrogens with zero attached hydrogens (tertiary/aromatic N) is 2. The van der Waals surface area contributed by atoms with Crippen LogP contribution < -0.4 is 4.74 Å². The highest BCUT2D eigenvalue weighted by atomic mass is 35.5. The summed E-state index contributed by atoms with van der Waals surface area (Å²) >= 11 is 0. The second-order valence-corrected chi connectivity index (χ2v) is 10.0. The number of benzene rings is 3. The number of halogens is 2. The molecule has 0 spiro atoms. The molecule has 0 bridgehead atoms. The van der Waals surface area contributed by atoms with Crippen molar-refractivity contribution in [3.8, 4) is 5.75 Å². The van der Waals surface area contributed by atoms with E-state index in [-0.39, 0.29) is 24.8 Å². The molecular weight excluding hydrogens is 487 g/mol. The second kappa shape index (κ2) is 14.6. The molecule has 2 aliphatic rings. The summed E-state index contributed by atoms with van der Waals surface area (Å²) in [6.45, 7) is 7.63. The van der Waals surface area contributed by atoms with Crippen LogP contribution in [0.4, 0.5) is 0 Å². The van der Waals surface area contributed by atoms with Gasteiger partial charge in [0.05, 0.1) is 6.61 Å². The van der Waals surface area contributed by atoms with Gasteiger partial charge in [0.1, 0.15) is 5.75 Å². The lowest BCUT2D eigenvalue weighted by Gasteiger charge is -2.32. The molecule has 3 nitrogen and oxygen atoms in total. The molecule has 0 aliphatic carbocycles. The first-order chi connectivity index (χ1) is 16.8. The van der Waals surface area contributed by atoms with E-state index in [1.807, 2.05) is 0 Å². The van der Waals surface area contributed by atoms with Gasteiger partial charge in [-0.1, -0.05) is 66.7 Å². The number of ether oxygens (including phenoxy) is 1. The molecule has 36 heavy (non-hydrogen) atoms. The van der Waals surface area contributed by atoms with Crippen LogP contribution in [0.2, 0.25) is 0 Å². The van der Waals surface area contributed by atoms with Crippen molar-refractivity contribution in [1.82, 2.24) is 9.80 Å². The fraction of sp³-hybridized carbons (Fsp3) is 0.419. The van der Waals surface area contributed by atoms with E-state index < -0.39 is 0 Å². The summed E-state index contributed by atoms with van der Waals surface area (Å²) < 4.78 is 6.23. The molecule has 0 amide bonds. The smallest absolute Gasteiger partial charge is 0.119 e. The number of hydrogen-bond donors (Lipinski definition) is 0. The Kier molecular flexibility index (Phi) is 11.6. The first kappa shape index (κ1) is 28.5. The Morgan fingerprint density at radius 2 is 1.19 bits per heavy atom. The lowest BCUT2D eigenvalue weighted by atomic mass is 9.93. The zero-order valence-electron chi connectivity index (χ0n) is 21.2.